The lowest BCUT2D eigenvalue weighted by atomic mass is 9.92. The molecule has 2 heteroatoms. The molecule has 1 aromatic rings. The van der Waals surface area contributed by atoms with Gasteiger partial charge in [-0.15, -0.1) is 0 Å². The average Bonchev–Trinajstić information content (AvgIpc) is 2.45. The molecule has 2 rings (SSSR count). The van der Waals surface area contributed by atoms with E-state index in [1.54, 1.807) is 0 Å². The van der Waals surface area contributed by atoms with Gasteiger partial charge in [-0.05, 0) is 64.2 Å². The van der Waals surface area contributed by atoms with Crippen LogP contribution in [0.2, 0.25) is 0 Å². The first-order valence-electron chi connectivity index (χ1n) is 8.64. The van der Waals surface area contributed by atoms with Gasteiger partial charge in [-0.3, -0.25) is 0 Å². The number of piperidine rings is 1. The van der Waals surface area contributed by atoms with Gasteiger partial charge in [0.15, 0.2) is 0 Å². The standard InChI is InChI=1S/C19H32N2/c1-4-5-17-6-9-21(10-7-17)11-8-19(20)18-13-15(2)12-16(3)14-18/h12-14,17,19H,4-11,20H2,1-3H3. The first-order valence-corrected chi connectivity index (χ1v) is 8.64. The number of rotatable bonds is 6. The van der Waals surface area contributed by atoms with E-state index in [9.17, 15) is 0 Å². The molecule has 1 aromatic carbocycles. The quantitative estimate of drug-likeness (QED) is 0.850. The second kappa shape index (κ2) is 7.95. The van der Waals surface area contributed by atoms with Crippen LogP contribution >= 0.6 is 0 Å². The van der Waals surface area contributed by atoms with Crippen LogP contribution in [0.1, 0.15) is 61.8 Å². The Morgan fingerprint density at radius 1 is 1.14 bits per heavy atom. The lowest BCUT2D eigenvalue weighted by molar-refractivity contribution is 0.174. The molecule has 1 saturated heterocycles. The summed E-state index contributed by atoms with van der Waals surface area (Å²) in [6.45, 7) is 10.3. The fraction of sp³-hybridized carbons (Fsp3) is 0.684. The minimum absolute atomic E-state index is 0.178. The molecule has 0 amide bonds. The second-order valence-electron chi connectivity index (χ2n) is 6.89. The highest BCUT2D eigenvalue weighted by Crippen LogP contribution is 2.23. The summed E-state index contributed by atoms with van der Waals surface area (Å²) >= 11 is 0. The number of aryl methyl sites for hydroxylation is 2. The minimum atomic E-state index is 0.178. The van der Waals surface area contributed by atoms with Crippen LogP contribution in [0.5, 0.6) is 0 Å². The largest absolute Gasteiger partial charge is 0.324 e. The fourth-order valence-corrected chi connectivity index (χ4v) is 3.62. The van der Waals surface area contributed by atoms with Gasteiger partial charge in [-0.1, -0.05) is 49.1 Å². The van der Waals surface area contributed by atoms with Crippen LogP contribution < -0.4 is 5.73 Å². The number of benzene rings is 1. The van der Waals surface area contributed by atoms with Crippen LogP contribution in [-0.2, 0) is 0 Å². The average molecular weight is 288 g/mol. The summed E-state index contributed by atoms with van der Waals surface area (Å²) in [4.78, 5) is 2.61. The number of nitrogens with zero attached hydrogens (tertiary/aromatic N) is 1. The summed E-state index contributed by atoms with van der Waals surface area (Å²) in [5, 5.41) is 0. The predicted molar refractivity (Wildman–Crippen MR) is 91.5 cm³/mol. The molecule has 1 heterocycles. The van der Waals surface area contributed by atoms with Crippen LogP contribution in [0, 0.1) is 19.8 Å². The highest BCUT2D eigenvalue weighted by Gasteiger charge is 2.19. The summed E-state index contributed by atoms with van der Waals surface area (Å²) in [6, 6.07) is 6.88. The van der Waals surface area contributed by atoms with Gasteiger partial charge in [0.25, 0.3) is 0 Å². The van der Waals surface area contributed by atoms with E-state index in [0.29, 0.717) is 0 Å². The highest BCUT2D eigenvalue weighted by molar-refractivity contribution is 5.30. The van der Waals surface area contributed by atoms with Crippen molar-refractivity contribution in [3.8, 4) is 0 Å². The zero-order valence-electron chi connectivity index (χ0n) is 14.1. The molecule has 1 atom stereocenters. The van der Waals surface area contributed by atoms with Gasteiger partial charge in [0.1, 0.15) is 0 Å². The monoisotopic (exact) mass is 288 g/mol. The van der Waals surface area contributed by atoms with Crippen molar-refractivity contribution >= 4 is 0 Å². The predicted octanol–water partition coefficient (Wildman–Crippen LogP) is 4.21. The lowest BCUT2D eigenvalue weighted by Gasteiger charge is -2.32. The molecule has 0 spiro atoms. The summed E-state index contributed by atoms with van der Waals surface area (Å²) in [6.07, 6.45) is 6.58. The zero-order valence-corrected chi connectivity index (χ0v) is 14.1. The van der Waals surface area contributed by atoms with E-state index in [-0.39, 0.29) is 6.04 Å². The summed E-state index contributed by atoms with van der Waals surface area (Å²) in [7, 11) is 0. The third-order valence-corrected chi connectivity index (χ3v) is 4.83. The third kappa shape index (κ3) is 5.12. The maximum atomic E-state index is 6.40. The topological polar surface area (TPSA) is 29.3 Å². The smallest absolute Gasteiger partial charge is 0.0307 e. The van der Waals surface area contributed by atoms with E-state index >= 15 is 0 Å². The molecule has 1 fully saturated rings. The highest BCUT2D eigenvalue weighted by atomic mass is 15.1. The fourth-order valence-electron chi connectivity index (χ4n) is 3.62. The number of hydrogen-bond acceptors (Lipinski definition) is 2. The maximum Gasteiger partial charge on any atom is 0.0307 e. The third-order valence-electron chi connectivity index (χ3n) is 4.83. The van der Waals surface area contributed by atoms with E-state index in [1.165, 1.54) is 55.5 Å². The SMILES string of the molecule is CCCC1CCN(CCC(N)c2cc(C)cc(C)c2)CC1. The van der Waals surface area contributed by atoms with E-state index in [1.807, 2.05) is 0 Å². The molecule has 0 radical (unpaired) electrons. The van der Waals surface area contributed by atoms with Gasteiger partial charge in [-0.2, -0.15) is 0 Å². The molecule has 118 valence electrons. The molecule has 1 aliphatic rings. The zero-order chi connectivity index (χ0) is 15.2. The van der Waals surface area contributed by atoms with E-state index in [4.69, 9.17) is 5.73 Å². The Bertz CT molecular complexity index is 413. The summed E-state index contributed by atoms with van der Waals surface area (Å²) in [5.74, 6) is 0.972. The van der Waals surface area contributed by atoms with Crippen LogP contribution in [-0.4, -0.2) is 24.5 Å². The molecule has 0 bridgehead atoms. The van der Waals surface area contributed by atoms with Crippen molar-refractivity contribution in [3.63, 3.8) is 0 Å². The normalized spacial score (nSPS) is 18.9. The Hall–Kier alpha value is -0.860. The molecular weight excluding hydrogens is 256 g/mol. The van der Waals surface area contributed by atoms with Crippen molar-refractivity contribution in [1.29, 1.82) is 0 Å². The molecule has 0 aromatic heterocycles. The molecular formula is C19H32N2. The summed E-state index contributed by atoms with van der Waals surface area (Å²) in [5.41, 5.74) is 10.3. The second-order valence-corrected chi connectivity index (χ2v) is 6.89. The Balaban J connectivity index is 1.78. The summed E-state index contributed by atoms with van der Waals surface area (Å²) < 4.78 is 0. The molecule has 21 heavy (non-hydrogen) atoms. The molecule has 2 N–H and O–H groups in total. The molecule has 1 aliphatic heterocycles. The van der Waals surface area contributed by atoms with Crippen molar-refractivity contribution in [2.75, 3.05) is 19.6 Å². The van der Waals surface area contributed by atoms with Crippen molar-refractivity contribution in [2.45, 2.75) is 58.9 Å². The van der Waals surface area contributed by atoms with E-state index < -0.39 is 0 Å². The van der Waals surface area contributed by atoms with Crippen LogP contribution in [0.15, 0.2) is 18.2 Å². The van der Waals surface area contributed by atoms with Crippen molar-refractivity contribution in [2.24, 2.45) is 11.7 Å². The molecule has 0 aliphatic carbocycles. The molecule has 1 unspecified atom stereocenters. The number of hydrogen-bond donors (Lipinski definition) is 1. The van der Waals surface area contributed by atoms with E-state index in [2.05, 4.69) is 43.9 Å². The molecule has 0 saturated carbocycles. The van der Waals surface area contributed by atoms with Crippen molar-refractivity contribution in [3.05, 3.63) is 34.9 Å². The first-order chi connectivity index (χ1) is 10.1. The van der Waals surface area contributed by atoms with Crippen LogP contribution in [0.3, 0.4) is 0 Å². The van der Waals surface area contributed by atoms with E-state index in [0.717, 1.165) is 18.9 Å². The molecule has 2 nitrogen and oxygen atoms in total. The first kappa shape index (κ1) is 16.5. The lowest BCUT2D eigenvalue weighted by Crippen LogP contribution is -2.35. The Morgan fingerprint density at radius 3 is 2.33 bits per heavy atom. The maximum absolute atomic E-state index is 6.40. The minimum Gasteiger partial charge on any atom is -0.324 e. The van der Waals surface area contributed by atoms with Crippen molar-refractivity contribution in [1.82, 2.24) is 4.90 Å². The van der Waals surface area contributed by atoms with Gasteiger partial charge in [0.05, 0.1) is 0 Å². The number of likely N-dealkylation sites (tertiary alicyclic amines) is 1. The Kier molecular flexibility index (Phi) is 6.25. The van der Waals surface area contributed by atoms with Gasteiger partial charge >= 0.3 is 0 Å². The van der Waals surface area contributed by atoms with Gasteiger partial charge in [0, 0.05) is 6.04 Å². The Labute approximate surface area is 130 Å². The van der Waals surface area contributed by atoms with Crippen molar-refractivity contribution < 1.29 is 0 Å². The van der Waals surface area contributed by atoms with Gasteiger partial charge in [-0.25, -0.2) is 0 Å². The number of nitrogens with two attached hydrogens (primary N) is 1. The van der Waals surface area contributed by atoms with Crippen LogP contribution in [0.25, 0.3) is 0 Å². The van der Waals surface area contributed by atoms with Crippen LogP contribution in [0.4, 0.5) is 0 Å². The van der Waals surface area contributed by atoms with Gasteiger partial charge < -0.3 is 10.6 Å². The van der Waals surface area contributed by atoms with Gasteiger partial charge in [0.2, 0.25) is 0 Å². The Morgan fingerprint density at radius 2 is 1.76 bits per heavy atom.